The summed E-state index contributed by atoms with van der Waals surface area (Å²) in [5.41, 5.74) is 5.94. The Morgan fingerprint density at radius 1 is 1.07 bits per heavy atom. The van der Waals surface area contributed by atoms with E-state index in [1.807, 2.05) is 0 Å². The molecule has 1 heteroatoms. The van der Waals surface area contributed by atoms with Gasteiger partial charge < -0.3 is 5.73 Å². The van der Waals surface area contributed by atoms with Crippen molar-refractivity contribution in [2.24, 2.45) is 23.5 Å². The van der Waals surface area contributed by atoms with Gasteiger partial charge in [-0.1, -0.05) is 46.0 Å². The van der Waals surface area contributed by atoms with Crippen LogP contribution >= 0.6 is 0 Å². The molecule has 0 bridgehead atoms. The first-order chi connectivity index (χ1) is 6.61. The van der Waals surface area contributed by atoms with E-state index >= 15 is 0 Å². The molecule has 84 valence electrons. The Bertz CT molecular complexity index is 145. The first-order valence-electron chi connectivity index (χ1n) is 6.37. The first kappa shape index (κ1) is 12.0. The molecular formula is C13H27N. The van der Waals surface area contributed by atoms with E-state index in [1.54, 1.807) is 0 Å². The van der Waals surface area contributed by atoms with E-state index in [-0.39, 0.29) is 0 Å². The molecular weight excluding hydrogens is 170 g/mol. The maximum Gasteiger partial charge on any atom is 0.00133 e. The molecule has 2 unspecified atom stereocenters. The summed E-state index contributed by atoms with van der Waals surface area (Å²) in [5.74, 6) is 2.65. The zero-order valence-corrected chi connectivity index (χ0v) is 10.1. The van der Waals surface area contributed by atoms with Crippen molar-refractivity contribution in [1.82, 2.24) is 0 Å². The Labute approximate surface area is 89.5 Å². The summed E-state index contributed by atoms with van der Waals surface area (Å²) in [5, 5.41) is 0. The molecule has 0 aromatic carbocycles. The van der Waals surface area contributed by atoms with Crippen molar-refractivity contribution in [3.05, 3.63) is 0 Å². The maximum atomic E-state index is 5.94. The average Bonchev–Trinajstić information content (AvgIpc) is 2.15. The highest BCUT2D eigenvalue weighted by molar-refractivity contribution is 4.78. The van der Waals surface area contributed by atoms with E-state index in [1.165, 1.54) is 38.5 Å². The highest BCUT2D eigenvalue weighted by Crippen LogP contribution is 2.36. The molecule has 0 spiro atoms. The number of hydrogen-bond acceptors (Lipinski definition) is 1. The van der Waals surface area contributed by atoms with Crippen molar-refractivity contribution >= 4 is 0 Å². The van der Waals surface area contributed by atoms with Gasteiger partial charge in [0.1, 0.15) is 0 Å². The lowest BCUT2D eigenvalue weighted by Crippen LogP contribution is -2.29. The molecule has 1 aliphatic rings. The molecule has 0 radical (unpaired) electrons. The highest BCUT2D eigenvalue weighted by Gasteiger charge is 2.26. The second-order valence-electron chi connectivity index (χ2n) is 5.52. The van der Waals surface area contributed by atoms with Crippen LogP contribution in [0.2, 0.25) is 0 Å². The third kappa shape index (κ3) is 3.61. The van der Waals surface area contributed by atoms with Crippen LogP contribution in [0, 0.1) is 17.8 Å². The van der Waals surface area contributed by atoms with Crippen LogP contribution in [0.5, 0.6) is 0 Å². The lowest BCUT2D eigenvalue weighted by atomic mass is 9.73. The number of nitrogens with two attached hydrogens (primary N) is 1. The van der Waals surface area contributed by atoms with Crippen LogP contribution in [-0.2, 0) is 0 Å². The molecule has 1 fully saturated rings. The summed E-state index contributed by atoms with van der Waals surface area (Å²) < 4.78 is 0. The molecule has 2 atom stereocenters. The van der Waals surface area contributed by atoms with Gasteiger partial charge in [-0.2, -0.15) is 0 Å². The van der Waals surface area contributed by atoms with Crippen LogP contribution in [0.1, 0.15) is 59.3 Å². The zero-order chi connectivity index (χ0) is 10.6. The molecule has 1 saturated carbocycles. The Hall–Kier alpha value is -0.0400. The highest BCUT2D eigenvalue weighted by atomic mass is 14.6. The lowest BCUT2D eigenvalue weighted by Gasteiger charge is -2.34. The summed E-state index contributed by atoms with van der Waals surface area (Å²) in [6.45, 7) is 6.88. The largest absolute Gasteiger partial charge is 0.328 e. The predicted molar refractivity (Wildman–Crippen MR) is 63.2 cm³/mol. The lowest BCUT2D eigenvalue weighted by molar-refractivity contribution is 0.177. The molecule has 0 aromatic rings. The Morgan fingerprint density at radius 2 is 1.64 bits per heavy atom. The van der Waals surface area contributed by atoms with Gasteiger partial charge in [-0.05, 0) is 31.1 Å². The third-order valence-corrected chi connectivity index (χ3v) is 3.76. The maximum absolute atomic E-state index is 5.94. The monoisotopic (exact) mass is 197 g/mol. The van der Waals surface area contributed by atoms with Gasteiger partial charge in [0.2, 0.25) is 0 Å². The molecule has 0 amide bonds. The summed E-state index contributed by atoms with van der Waals surface area (Å²) in [4.78, 5) is 0. The predicted octanol–water partition coefficient (Wildman–Crippen LogP) is 3.58. The normalized spacial score (nSPS) is 23.8. The van der Waals surface area contributed by atoms with Gasteiger partial charge in [0.15, 0.2) is 0 Å². The first-order valence-corrected chi connectivity index (χ1v) is 6.37. The Balaban J connectivity index is 2.47. The van der Waals surface area contributed by atoms with E-state index in [9.17, 15) is 0 Å². The Kier molecular flexibility index (Phi) is 4.94. The molecule has 0 aliphatic heterocycles. The minimum Gasteiger partial charge on any atom is -0.328 e. The fourth-order valence-electron chi connectivity index (χ4n) is 3.00. The minimum atomic E-state index is 0.379. The molecule has 0 heterocycles. The van der Waals surface area contributed by atoms with Gasteiger partial charge in [-0.15, -0.1) is 0 Å². The summed E-state index contributed by atoms with van der Waals surface area (Å²) >= 11 is 0. The van der Waals surface area contributed by atoms with Gasteiger partial charge >= 0.3 is 0 Å². The zero-order valence-electron chi connectivity index (χ0n) is 10.1. The quantitative estimate of drug-likeness (QED) is 0.732. The van der Waals surface area contributed by atoms with Gasteiger partial charge in [0.05, 0.1) is 0 Å². The van der Waals surface area contributed by atoms with Crippen molar-refractivity contribution in [3.8, 4) is 0 Å². The van der Waals surface area contributed by atoms with Crippen LogP contribution in [0.3, 0.4) is 0 Å². The van der Waals surface area contributed by atoms with Crippen molar-refractivity contribution in [1.29, 1.82) is 0 Å². The van der Waals surface area contributed by atoms with Crippen molar-refractivity contribution in [3.63, 3.8) is 0 Å². The van der Waals surface area contributed by atoms with Crippen molar-refractivity contribution in [2.45, 2.75) is 65.3 Å². The topological polar surface area (TPSA) is 26.0 Å². The van der Waals surface area contributed by atoms with Gasteiger partial charge in [0, 0.05) is 6.04 Å². The van der Waals surface area contributed by atoms with Crippen LogP contribution in [0.4, 0.5) is 0 Å². The van der Waals surface area contributed by atoms with E-state index in [2.05, 4.69) is 20.8 Å². The number of rotatable bonds is 4. The molecule has 1 rings (SSSR count). The smallest absolute Gasteiger partial charge is 0.00133 e. The second kappa shape index (κ2) is 5.75. The van der Waals surface area contributed by atoms with Crippen molar-refractivity contribution in [2.75, 3.05) is 0 Å². The van der Waals surface area contributed by atoms with Gasteiger partial charge in [-0.3, -0.25) is 0 Å². The van der Waals surface area contributed by atoms with Crippen LogP contribution in [0.25, 0.3) is 0 Å². The standard InChI is InChI=1S/C13H27N/c1-10(2)13(9-11(3)14)12-7-5-4-6-8-12/h10-13H,4-9,14H2,1-3H3. The fraction of sp³-hybridized carbons (Fsp3) is 1.00. The molecule has 2 N–H and O–H groups in total. The summed E-state index contributed by atoms with van der Waals surface area (Å²) in [7, 11) is 0. The van der Waals surface area contributed by atoms with E-state index in [4.69, 9.17) is 5.73 Å². The Morgan fingerprint density at radius 3 is 2.07 bits per heavy atom. The van der Waals surface area contributed by atoms with E-state index in [0.29, 0.717) is 6.04 Å². The summed E-state index contributed by atoms with van der Waals surface area (Å²) in [6.07, 6.45) is 8.49. The average molecular weight is 197 g/mol. The molecule has 0 aromatic heterocycles. The molecule has 1 nitrogen and oxygen atoms in total. The van der Waals surface area contributed by atoms with E-state index in [0.717, 1.165) is 17.8 Å². The fourth-order valence-corrected chi connectivity index (χ4v) is 3.00. The summed E-state index contributed by atoms with van der Waals surface area (Å²) in [6, 6.07) is 0.379. The van der Waals surface area contributed by atoms with Crippen molar-refractivity contribution < 1.29 is 0 Å². The second-order valence-corrected chi connectivity index (χ2v) is 5.52. The van der Waals surface area contributed by atoms with Crippen LogP contribution in [-0.4, -0.2) is 6.04 Å². The third-order valence-electron chi connectivity index (χ3n) is 3.76. The van der Waals surface area contributed by atoms with Crippen LogP contribution in [0.15, 0.2) is 0 Å². The molecule has 1 aliphatic carbocycles. The molecule has 0 saturated heterocycles. The SMILES string of the molecule is CC(N)CC(C(C)C)C1CCCCC1. The number of hydrogen-bond donors (Lipinski definition) is 1. The molecule has 14 heavy (non-hydrogen) atoms. The van der Waals surface area contributed by atoms with Gasteiger partial charge in [-0.25, -0.2) is 0 Å². The van der Waals surface area contributed by atoms with Crippen LogP contribution < -0.4 is 5.73 Å². The minimum absolute atomic E-state index is 0.379. The van der Waals surface area contributed by atoms with Gasteiger partial charge in [0.25, 0.3) is 0 Å². The van der Waals surface area contributed by atoms with E-state index < -0.39 is 0 Å².